The SMILES string of the molecule is Cc1cccc(-c2cc(-c3ccc4ccccc4c3)[nH]c(=O)c2C#N)c1. The second-order valence-electron chi connectivity index (χ2n) is 6.34. The predicted molar refractivity (Wildman–Crippen MR) is 105 cm³/mol. The molecule has 0 aliphatic carbocycles. The van der Waals surface area contributed by atoms with Crippen molar-refractivity contribution in [1.29, 1.82) is 5.26 Å². The number of nitrogens with zero attached hydrogens (tertiary/aromatic N) is 1. The normalized spacial score (nSPS) is 10.6. The van der Waals surface area contributed by atoms with Crippen LogP contribution in [0.3, 0.4) is 0 Å². The highest BCUT2D eigenvalue weighted by molar-refractivity contribution is 5.87. The monoisotopic (exact) mass is 336 g/mol. The highest BCUT2D eigenvalue weighted by Crippen LogP contribution is 2.28. The van der Waals surface area contributed by atoms with Gasteiger partial charge >= 0.3 is 0 Å². The molecule has 0 atom stereocenters. The van der Waals surface area contributed by atoms with Crippen molar-refractivity contribution in [2.24, 2.45) is 0 Å². The average Bonchev–Trinajstić information content (AvgIpc) is 2.67. The lowest BCUT2D eigenvalue weighted by molar-refractivity contribution is 1.22. The molecule has 0 aliphatic rings. The van der Waals surface area contributed by atoms with Crippen molar-refractivity contribution >= 4 is 10.8 Å². The molecule has 4 rings (SSSR count). The van der Waals surface area contributed by atoms with E-state index in [0.29, 0.717) is 11.3 Å². The summed E-state index contributed by atoms with van der Waals surface area (Å²) in [6.07, 6.45) is 0. The first-order valence-corrected chi connectivity index (χ1v) is 8.39. The minimum Gasteiger partial charge on any atom is -0.321 e. The topological polar surface area (TPSA) is 56.6 Å². The van der Waals surface area contributed by atoms with Gasteiger partial charge in [-0.1, -0.05) is 66.2 Å². The molecular weight excluding hydrogens is 320 g/mol. The molecule has 3 aromatic carbocycles. The number of pyridine rings is 1. The van der Waals surface area contributed by atoms with E-state index in [9.17, 15) is 10.1 Å². The molecule has 3 nitrogen and oxygen atoms in total. The van der Waals surface area contributed by atoms with Crippen molar-refractivity contribution < 1.29 is 0 Å². The lowest BCUT2D eigenvalue weighted by Crippen LogP contribution is -2.12. The van der Waals surface area contributed by atoms with E-state index >= 15 is 0 Å². The van der Waals surface area contributed by atoms with E-state index in [4.69, 9.17) is 0 Å². The van der Waals surface area contributed by atoms with Crippen LogP contribution in [0.4, 0.5) is 0 Å². The van der Waals surface area contributed by atoms with Gasteiger partial charge in [0.25, 0.3) is 5.56 Å². The van der Waals surface area contributed by atoms with Crippen LogP contribution in [0.25, 0.3) is 33.2 Å². The molecule has 0 bridgehead atoms. The van der Waals surface area contributed by atoms with Crippen LogP contribution in [-0.2, 0) is 0 Å². The first-order chi connectivity index (χ1) is 12.7. The summed E-state index contributed by atoms with van der Waals surface area (Å²) in [5.41, 5.74) is 4.00. The maximum absolute atomic E-state index is 12.5. The zero-order valence-corrected chi connectivity index (χ0v) is 14.3. The summed E-state index contributed by atoms with van der Waals surface area (Å²) in [6.45, 7) is 1.99. The summed E-state index contributed by atoms with van der Waals surface area (Å²) in [5.74, 6) is 0. The van der Waals surface area contributed by atoms with Crippen LogP contribution in [0.15, 0.2) is 77.6 Å². The van der Waals surface area contributed by atoms with Crippen LogP contribution >= 0.6 is 0 Å². The van der Waals surface area contributed by atoms with Gasteiger partial charge in [-0.05, 0) is 41.0 Å². The third-order valence-electron chi connectivity index (χ3n) is 4.53. The van der Waals surface area contributed by atoms with Crippen LogP contribution in [0.2, 0.25) is 0 Å². The maximum Gasteiger partial charge on any atom is 0.266 e. The summed E-state index contributed by atoms with van der Waals surface area (Å²) in [4.78, 5) is 15.4. The molecule has 0 spiro atoms. The van der Waals surface area contributed by atoms with Gasteiger partial charge in [0.15, 0.2) is 0 Å². The van der Waals surface area contributed by atoms with E-state index in [1.54, 1.807) is 0 Å². The highest BCUT2D eigenvalue weighted by Gasteiger charge is 2.13. The highest BCUT2D eigenvalue weighted by atomic mass is 16.1. The number of aromatic amines is 1. The Balaban J connectivity index is 1.95. The van der Waals surface area contributed by atoms with Gasteiger partial charge in [-0.25, -0.2) is 0 Å². The Morgan fingerprint density at radius 2 is 1.65 bits per heavy atom. The third kappa shape index (κ3) is 2.78. The Morgan fingerprint density at radius 3 is 2.42 bits per heavy atom. The van der Waals surface area contributed by atoms with Crippen LogP contribution in [0, 0.1) is 18.3 Å². The smallest absolute Gasteiger partial charge is 0.266 e. The predicted octanol–water partition coefficient (Wildman–Crippen LogP) is 5.04. The maximum atomic E-state index is 12.5. The molecule has 26 heavy (non-hydrogen) atoms. The number of fused-ring (bicyclic) bond motifs is 1. The fourth-order valence-corrected chi connectivity index (χ4v) is 3.22. The number of hydrogen-bond acceptors (Lipinski definition) is 2. The van der Waals surface area contributed by atoms with E-state index in [1.807, 2.05) is 79.7 Å². The Morgan fingerprint density at radius 1 is 0.846 bits per heavy atom. The molecule has 0 saturated carbocycles. The third-order valence-corrected chi connectivity index (χ3v) is 4.53. The molecule has 3 heteroatoms. The molecule has 0 unspecified atom stereocenters. The van der Waals surface area contributed by atoms with Crippen molar-refractivity contribution in [3.05, 3.63) is 94.3 Å². The first kappa shape index (κ1) is 15.9. The summed E-state index contributed by atoms with van der Waals surface area (Å²) in [5, 5.41) is 11.7. The van der Waals surface area contributed by atoms with Gasteiger partial charge in [0, 0.05) is 11.3 Å². The molecule has 4 aromatic rings. The van der Waals surface area contributed by atoms with Gasteiger partial charge in [-0.15, -0.1) is 0 Å². The number of H-pyrrole nitrogens is 1. The molecule has 0 saturated heterocycles. The van der Waals surface area contributed by atoms with Gasteiger partial charge in [0.1, 0.15) is 11.6 Å². The van der Waals surface area contributed by atoms with Crippen molar-refractivity contribution in [2.75, 3.05) is 0 Å². The fourth-order valence-electron chi connectivity index (χ4n) is 3.22. The summed E-state index contributed by atoms with van der Waals surface area (Å²) in [6, 6.07) is 25.9. The number of rotatable bonds is 2. The first-order valence-electron chi connectivity index (χ1n) is 8.39. The van der Waals surface area contributed by atoms with Gasteiger partial charge in [-0.3, -0.25) is 4.79 Å². The molecule has 1 aromatic heterocycles. The Labute approximate surface area is 151 Å². The lowest BCUT2D eigenvalue weighted by atomic mass is 9.97. The van der Waals surface area contributed by atoms with Crippen LogP contribution in [0.5, 0.6) is 0 Å². The average molecular weight is 336 g/mol. The number of aromatic nitrogens is 1. The largest absolute Gasteiger partial charge is 0.321 e. The Hall–Kier alpha value is -3.64. The van der Waals surface area contributed by atoms with E-state index in [2.05, 4.69) is 11.1 Å². The van der Waals surface area contributed by atoms with E-state index in [0.717, 1.165) is 27.5 Å². The van der Waals surface area contributed by atoms with Gasteiger partial charge in [0.05, 0.1) is 0 Å². The number of aryl methyl sites for hydroxylation is 1. The molecule has 0 aliphatic heterocycles. The summed E-state index contributed by atoms with van der Waals surface area (Å²) >= 11 is 0. The summed E-state index contributed by atoms with van der Waals surface area (Å²) < 4.78 is 0. The van der Waals surface area contributed by atoms with Crippen molar-refractivity contribution in [3.8, 4) is 28.5 Å². The Kier molecular flexibility index (Phi) is 3.87. The quantitative estimate of drug-likeness (QED) is 0.557. The van der Waals surface area contributed by atoms with Crippen LogP contribution in [0.1, 0.15) is 11.1 Å². The van der Waals surface area contributed by atoms with Gasteiger partial charge in [-0.2, -0.15) is 5.26 Å². The fraction of sp³-hybridized carbons (Fsp3) is 0.0435. The zero-order chi connectivity index (χ0) is 18.1. The number of nitriles is 1. The minimum absolute atomic E-state index is 0.139. The van der Waals surface area contributed by atoms with Crippen molar-refractivity contribution in [1.82, 2.24) is 4.98 Å². The van der Waals surface area contributed by atoms with E-state index in [-0.39, 0.29) is 11.1 Å². The Bertz CT molecular complexity index is 1230. The molecule has 1 N–H and O–H groups in total. The molecule has 0 radical (unpaired) electrons. The van der Waals surface area contributed by atoms with E-state index < -0.39 is 0 Å². The zero-order valence-electron chi connectivity index (χ0n) is 14.3. The second kappa shape index (κ2) is 6.34. The van der Waals surface area contributed by atoms with Crippen LogP contribution in [-0.4, -0.2) is 4.98 Å². The number of benzene rings is 3. The second-order valence-corrected chi connectivity index (χ2v) is 6.34. The van der Waals surface area contributed by atoms with E-state index in [1.165, 1.54) is 0 Å². The lowest BCUT2D eigenvalue weighted by Gasteiger charge is -2.09. The molecular formula is C23H16N2O. The number of nitrogens with one attached hydrogen (secondary N) is 1. The van der Waals surface area contributed by atoms with Gasteiger partial charge < -0.3 is 4.98 Å². The van der Waals surface area contributed by atoms with Crippen molar-refractivity contribution in [2.45, 2.75) is 6.92 Å². The standard InChI is InChI=1S/C23H16N2O/c1-15-5-4-8-18(11-15)20-13-22(25-23(26)21(20)14-24)19-10-9-16-6-2-3-7-17(16)12-19/h2-13H,1H3,(H,25,26). The molecule has 1 heterocycles. The van der Waals surface area contributed by atoms with Gasteiger partial charge in [0.2, 0.25) is 0 Å². The molecule has 124 valence electrons. The molecule has 0 amide bonds. The number of hydrogen-bond donors (Lipinski definition) is 1. The minimum atomic E-state index is -0.366. The van der Waals surface area contributed by atoms with Crippen LogP contribution < -0.4 is 5.56 Å². The summed E-state index contributed by atoms with van der Waals surface area (Å²) in [7, 11) is 0. The molecule has 0 fully saturated rings. The van der Waals surface area contributed by atoms with Crippen molar-refractivity contribution in [3.63, 3.8) is 0 Å².